The summed E-state index contributed by atoms with van der Waals surface area (Å²) in [4.78, 5) is 21.0. The summed E-state index contributed by atoms with van der Waals surface area (Å²) in [5, 5.41) is 8.96. The predicted molar refractivity (Wildman–Crippen MR) is 135 cm³/mol. The molecule has 0 saturated heterocycles. The van der Waals surface area contributed by atoms with Gasteiger partial charge in [0.05, 0.1) is 11.8 Å². The first kappa shape index (κ1) is 22.2. The molecule has 4 rings (SSSR count). The Morgan fingerprint density at radius 1 is 1.03 bits per heavy atom. The van der Waals surface area contributed by atoms with E-state index in [-0.39, 0.29) is 12.0 Å². The van der Waals surface area contributed by atoms with Gasteiger partial charge in [-0.25, -0.2) is 4.98 Å². The second-order valence-corrected chi connectivity index (χ2v) is 8.40. The summed E-state index contributed by atoms with van der Waals surface area (Å²) in [6, 6.07) is 19.0. The van der Waals surface area contributed by atoms with Crippen molar-refractivity contribution in [2.75, 3.05) is 10.6 Å². The van der Waals surface area contributed by atoms with E-state index in [1.165, 1.54) is 17.4 Å². The number of hydrogen-bond donors (Lipinski definition) is 2. The van der Waals surface area contributed by atoms with Gasteiger partial charge in [0.1, 0.15) is 5.75 Å². The van der Waals surface area contributed by atoms with Gasteiger partial charge < -0.3 is 15.4 Å². The number of pyridine rings is 1. The van der Waals surface area contributed by atoms with Crippen LogP contribution in [0.1, 0.15) is 19.4 Å². The zero-order valence-corrected chi connectivity index (χ0v) is 19.2. The molecule has 0 unspecified atom stereocenters. The number of nitrogens with zero attached hydrogens (tertiary/aromatic N) is 2. The topological polar surface area (TPSA) is 76.1 Å². The smallest absolute Gasteiger partial charge is 0.248 e. The summed E-state index contributed by atoms with van der Waals surface area (Å²) in [5.41, 5.74) is 4.43. The molecule has 0 saturated carbocycles. The highest BCUT2D eigenvalue weighted by molar-refractivity contribution is 7.14. The van der Waals surface area contributed by atoms with Crippen molar-refractivity contribution in [1.82, 2.24) is 9.97 Å². The SMILES string of the molecule is CC(C)Oc1cccc(/C=C/C(=O)Nc2ccc(Nc3nc(-c4ccncc4)cs3)cc2)c1. The van der Waals surface area contributed by atoms with Crippen molar-refractivity contribution in [2.45, 2.75) is 20.0 Å². The maximum atomic E-state index is 12.3. The van der Waals surface area contributed by atoms with Gasteiger partial charge in [-0.3, -0.25) is 9.78 Å². The minimum absolute atomic E-state index is 0.101. The molecule has 1 amide bonds. The number of thiazole rings is 1. The van der Waals surface area contributed by atoms with Crippen LogP contribution in [0.3, 0.4) is 0 Å². The summed E-state index contributed by atoms with van der Waals surface area (Å²) < 4.78 is 5.69. The van der Waals surface area contributed by atoms with Crippen LogP contribution in [0.2, 0.25) is 0 Å². The van der Waals surface area contributed by atoms with E-state index in [1.54, 1.807) is 18.5 Å². The van der Waals surface area contributed by atoms with Crippen LogP contribution < -0.4 is 15.4 Å². The van der Waals surface area contributed by atoms with Gasteiger partial charge in [-0.2, -0.15) is 0 Å². The van der Waals surface area contributed by atoms with Crippen molar-refractivity contribution in [2.24, 2.45) is 0 Å². The molecule has 2 aromatic heterocycles. The molecule has 0 fully saturated rings. The summed E-state index contributed by atoms with van der Waals surface area (Å²) in [6.45, 7) is 3.96. The third-order valence-electron chi connectivity index (χ3n) is 4.54. The molecule has 2 N–H and O–H groups in total. The van der Waals surface area contributed by atoms with Crippen LogP contribution in [0, 0.1) is 0 Å². The maximum absolute atomic E-state index is 12.3. The first-order valence-electron chi connectivity index (χ1n) is 10.5. The number of nitrogens with one attached hydrogen (secondary N) is 2. The number of rotatable bonds is 8. The van der Waals surface area contributed by atoms with Gasteiger partial charge in [0.25, 0.3) is 0 Å². The van der Waals surface area contributed by atoms with Crippen molar-refractivity contribution in [1.29, 1.82) is 0 Å². The number of anilines is 3. The Hall–Kier alpha value is -3.97. The molecule has 2 heterocycles. The van der Waals surface area contributed by atoms with Crippen LogP contribution in [-0.2, 0) is 4.79 Å². The van der Waals surface area contributed by atoms with Gasteiger partial charge in [-0.1, -0.05) is 12.1 Å². The molecule has 166 valence electrons. The second kappa shape index (κ2) is 10.6. The van der Waals surface area contributed by atoms with E-state index >= 15 is 0 Å². The molecule has 0 aliphatic rings. The van der Waals surface area contributed by atoms with Crippen molar-refractivity contribution in [3.8, 4) is 17.0 Å². The Bertz CT molecular complexity index is 1230. The molecule has 0 atom stereocenters. The predicted octanol–water partition coefficient (Wildman–Crippen LogP) is 6.39. The van der Waals surface area contributed by atoms with Gasteiger partial charge in [0, 0.05) is 40.8 Å². The van der Waals surface area contributed by atoms with Crippen LogP contribution in [-0.4, -0.2) is 22.0 Å². The van der Waals surface area contributed by atoms with E-state index in [4.69, 9.17) is 4.74 Å². The highest BCUT2D eigenvalue weighted by Gasteiger charge is 2.05. The van der Waals surface area contributed by atoms with Crippen molar-refractivity contribution >= 4 is 39.8 Å². The average Bonchev–Trinajstić information content (AvgIpc) is 3.28. The summed E-state index contributed by atoms with van der Waals surface area (Å²) >= 11 is 1.53. The number of carbonyl (C=O) groups is 1. The van der Waals surface area contributed by atoms with Crippen molar-refractivity contribution in [3.63, 3.8) is 0 Å². The lowest BCUT2D eigenvalue weighted by Crippen LogP contribution is -2.07. The fourth-order valence-electron chi connectivity index (χ4n) is 3.07. The van der Waals surface area contributed by atoms with Crippen molar-refractivity contribution < 1.29 is 9.53 Å². The molecule has 0 bridgehead atoms. The normalized spacial score (nSPS) is 11.0. The molecular formula is C26H24N4O2S. The molecule has 6 nitrogen and oxygen atoms in total. The molecular weight excluding hydrogens is 432 g/mol. The van der Waals surface area contributed by atoms with Crippen LogP contribution >= 0.6 is 11.3 Å². The van der Waals surface area contributed by atoms with Gasteiger partial charge in [-0.05, 0) is 74.0 Å². The largest absolute Gasteiger partial charge is 0.491 e. The third kappa shape index (κ3) is 6.51. The Labute approximate surface area is 197 Å². The minimum atomic E-state index is -0.201. The number of aromatic nitrogens is 2. The Morgan fingerprint density at radius 2 is 1.79 bits per heavy atom. The van der Waals surface area contributed by atoms with E-state index in [0.29, 0.717) is 5.69 Å². The van der Waals surface area contributed by atoms with E-state index in [0.717, 1.165) is 33.4 Å². The Balaban J connectivity index is 1.33. The zero-order chi connectivity index (χ0) is 23.0. The maximum Gasteiger partial charge on any atom is 0.248 e. The Morgan fingerprint density at radius 3 is 2.55 bits per heavy atom. The lowest BCUT2D eigenvalue weighted by molar-refractivity contribution is -0.111. The van der Waals surface area contributed by atoms with Gasteiger partial charge >= 0.3 is 0 Å². The minimum Gasteiger partial charge on any atom is -0.491 e. The second-order valence-electron chi connectivity index (χ2n) is 7.54. The Kier molecular flexibility index (Phi) is 7.12. The highest BCUT2D eigenvalue weighted by Crippen LogP contribution is 2.27. The lowest BCUT2D eigenvalue weighted by atomic mass is 10.2. The number of amides is 1. The summed E-state index contributed by atoms with van der Waals surface area (Å²) in [6.07, 6.45) is 6.88. The molecule has 7 heteroatoms. The number of ether oxygens (including phenoxy) is 1. The van der Waals surface area contributed by atoms with Crippen LogP contribution in [0.15, 0.2) is 84.5 Å². The van der Waals surface area contributed by atoms with E-state index in [1.807, 2.05) is 79.9 Å². The standard InChI is InChI=1S/C26H24N4O2S/c1-18(2)32-23-5-3-4-19(16-23)6-11-25(31)28-21-7-9-22(10-8-21)29-26-30-24(17-33-26)20-12-14-27-15-13-20/h3-18H,1-2H3,(H,28,31)(H,29,30)/b11-6+. The van der Waals surface area contributed by atoms with Crippen LogP contribution in [0.25, 0.3) is 17.3 Å². The fourth-order valence-corrected chi connectivity index (χ4v) is 3.81. The monoisotopic (exact) mass is 456 g/mol. The first-order valence-corrected chi connectivity index (χ1v) is 11.4. The average molecular weight is 457 g/mol. The van der Waals surface area contributed by atoms with E-state index in [2.05, 4.69) is 20.6 Å². The molecule has 0 aliphatic heterocycles. The van der Waals surface area contributed by atoms with Crippen molar-refractivity contribution in [3.05, 3.63) is 90.1 Å². The van der Waals surface area contributed by atoms with Crippen LogP contribution in [0.4, 0.5) is 16.5 Å². The lowest BCUT2D eigenvalue weighted by Gasteiger charge is -2.09. The summed E-state index contributed by atoms with van der Waals surface area (Å²) in [5.74, 6) is 0.580. The van der Waals surface area contributed by atoms with Gasteiger partial charge in [0.2, 0.25) is 5.91 Å². The van der Waals surface area contributed by atoms with Gasteiger partial charge in [-0.15, -0.1) is 11.3 Å². The van der Waals surface area contributed by atoms with E-state index < -0.39 is 0 Å². The number of hydrogen-bond acceptors (Lipinski definition) is 6. The number of benzene rings is 2. The van der Waals surface area contributed by atoms with Gasteiger partial charge in [0.15, 0.2) is 5.13 Å². The van der Waals surface area contributed by atoms with Crippen LogP contribution in [0.5, 0.6) is 5.75 Å². The molecule has 0 radical (unpaired) electrons. The zero-order valence-electron chi connectivity index (χ0n) is 18.4. The highest BCUT2D eigenvalue weighted by atomic mass is 32.1. The summed E-state index contributed by atoms with van der Waals surface area (Å²) in [7, 11) is 0. The number of carbonyl (C=O) groups excluding carboxylic acids is 1. The molecule has 0 aliphatic carbocycles. The third-order valence-corrected chi connectivity index (χ3v) is 5.30. The van der Waals surface area contributed by atoms with E-state index in [9.17, 15) is 4.79 Å². The molecule has 0 spiro atoms. The molecule has 2 aromatic carbocycles. The quantitative estimate of drug-likeness (QED) is 0.301. The molecule has 4 aromatic rings. The first-order chi connectivity index (χ1) is 16.0. The molecule has 33 heavy (non-hydrogen) atoms. The fraction of sp³-hybridized carbons (Fsp3) is 0.115.